The molecule has 2 aromatic rings. The van der Waals surface area contributed by atoms with Crippen LogP contribution in [0.4, 0.5) is 0 Å². The third kappa shape index (κ3) is 7.57. The van der Waals surface area contributed by atoms with Gasteiger partial charge in [-0.1, -0.05) is 42.5 Å². The zero-order valence-corrected chi connectivity index (χ0v) is 15.7. The molecule has 0 bridgehead atoms. The minimum Gasteiger partial charge on any atom is -0.493 e. The summed E-state index contributed by atoms with van der Waals surface area (Å²) in [6.45, 7) is 2.91. The number of ether oxygens (including phenoxy) is 2. The highest BCUT2D eigenvalue weighted by Gasteiger charge is 2.01. The lowest BCUT2D eigenvalue weighted by atomic mass is 10.1. The predicted molar refractivity (Wildman–Crippen MR) is 107 cm³/mol. The maximum absolute atomic E-state index is 5.74. The van der Waals surface area contributed by atoms with E-state index in [1.807, 2.05) is 18.2 Å². The van der Waals surface area contributed by atoms with Crippen molar-refractivity contribution in [1.29, 1.82) is 0 Å². The van der Waals surface area contributed by atoms with E-state index in [9.17, 15) is 0 Å². The molecule has 0 aliphatic heterocycles. The number of hydrogen-bond donors (Lipinski definition) is 2. The summed E-state index contributed by atoms with van der Waals surface area (Å²) in [5.41, 5.74) is 2.47. The van der Waals surface area contributed by atoms with Gasteiger partial charge in [0.1, 0.15) is 5.75 Å². The molecule has 0 fully saturated rings. The molecule has 0 saturated heterocycles. The van der Waals surface area contributed by atoms with Gasteiger partial charge in [0.2, 0.25) is 0 Å². The smallest absolute Gasteiger partial charge is 0.191 e. The number of nitrogens with one attached hydrogen (secondary N) is 2. The van der Waals surface area contributed by atoms with Crippen LogP contribution in [0.5, 0.6) is 5.75 Å². The number of rotatable bonds is 10. The van der Waals surface area contributed by atoms with E-state index >= 15 is 0 Å². The van der Waals surface area contributed by atoms with E-state index in [2.05, 4.69) is 52.0 Å². The lowest BCUT2D eigenvalue weighted by Crippen LogP contribution is -2.37. The van der Waals surface area contributed by atoms with Crippen LogP contribution in [0.1, 0.15) is 17.5 Å². The molecular formula is C21H29N3O2. The third-order valence-electron chi connectivity index (χ3n) is 3.89. The van der Waals surface area contributed by atoms with Crippen LogP contribution in [0.3, 0.4) is 0 Å². The number of guanidine groups is 1. The second kappa shape index (κ2) is 11.9. The summed E-state index contributed by atoms with van der Waals surface area (Å²) in [5.74, 6) is 1.68. The van der Waals surface area contributed by atoms with E-state index in [1.165, 1.54) is 5.56 Å². The lowest BCUT2D eigenvalue weighted by molar-refractivity contribution is 0.172. The number of methoxy groups -OCH3 is 1. The van der Waals surface area contributed by atoms with Gasteiger partial charge in [-0.05, 0) is 29.7 Å². The zero-order chi connectivity index (χ0) is 18.5. The van der Waals surface area contributed by atoms with Crippen LogP contribution in [0.25, 0.3) is 0 Å². The molecule has 5 heteroatoms. The number of nitrogens with zero attached hydrogens (tertiary/aromatic N) is 1. The topological polar surface area (TPSA) is 54.9 Å². The third-order valence-corrected chi connectivity index (χ3v) is 3.89. The Morgan fingerprint density at radius 1 is 0.962 bits per heavy atom. The minimum absolute atomic E-state index is 0.660. The van der Waals surface area contributed by atoms with Crippen molar-refractivity contribution in [2.45, 2.75) is 19.4 Å². The van der Waals surface area contributed by atoms with Crippen molar-refractivity contribution >= 4 is 5.96 Å². The minimum atomic E-state index is 0.660. The van der Waals surface area contributed by atoms with Crippen molar-refractivity contribution in [2.75, 3.05) is 33.9 Å². The van der Waals surface area contributed by atoms with Gasteiger partial charge < -0.3 is 20.1 Å². The van der Waals surface area contributed by atoms with Crippen LogP contribution in [0.15, 0.2) is 59.6 Å². The largest absolute Gasteiger partial charge is 0.493 e. The highest BCUT2D eigenvalue weighted by Crippen LogP contribution is 2.13. The van der Waals surface area contributed by atoms with E-state index in [0.29, 0.717) is 19.8 Å². The molecule has 0 aliphatic rings. The van der Waals surface area contributed by atoms with Crippen LogP contribution >= 0.6 is 0 Å². The summed E-state index contributed by atoms with van der Waals surface area (Å²) >= 11 is 0. The summed E-state index contributed by atoms with van der Waals surface area (Å²) in [7, 11) is 3.49. The maximum Gasteiger partial charge on any atom is 0.191 e. The molecule has 26 heavy (non-hydrogen) atoms. The quantitative estimate of drug-likeness (QED) is 0.391. The molecule has 0 heterocycles. The monoisotopic (exact) mass is 355 g/mol. The molecule has 0 saturated carbocycles. The molecule has 0 aliphatic carbocycles. The normalized spacial score (nSPS) is 11.2. The van der Waals surface area contributed by atoms with Crippen LogP contribution in [0, 0.1) is 0 Å². The maximum atomic E-state index is 5.74. The van der Waals surface area contributed by atoms with Crippen molar-refractivity contribution in [3.63, 3.8) is 0 Å². The van der Waals surface area contributed by atoms with Gasteiger partial charge in [-0.15, -0.1) is 0 Å². The average molecular weight is 355 g/mol. The van der Waals surface area contributed by atoms with E-state index in [1.54, 1.807) is 14.2 Å². The van der Waals surface area contributed by atoms with Gasteiger partial charge in [0.15, 0.2) is 5.96 Å². The Balaban J connectivity index is 1.73. The molecule has 2 rings (SSSR count). The number of benzene rings is 2. The molecule has 0 spiro atoms. The lowest BCUT2D eigenvalue weighted by Gasteiger charge is -2.13. The predicted octanol–water partition coefficient (Wildman–Crippen LogP) is 3.01. The van der Waals surface area contributed by atoms with Gasteiger partial charge in [-0.3, -0.25) is 4.99 Å². The van der Waals surface area contributed by atoms with E-state index in [0.717, 1.165) is 36.7 Å². The Hall–Kier alpha value is -2.53. The molecule has 0 amide bonds. The zero-order valence-electron chi connectivity index (χ0n) is 15.7. The highest BCUT2D eigenvalue weighted by atomic mass is 16.5. The SMILES string of the molecule is CN=C(NCCc1ccccc1)NCc1cccc(OCCCOC)c1. The first kappa shape index (κ1) is 19.8. The average Bonchev–Trinajstić information content (AvgIpc) is 2.69. The van der Waals surface area contributed by atoms with Crippen LogP contribution < -0.4 is 15.4 Å². The fourth-order valence-electron chi connectivity index (χ4n) is 2.51. The Morgan fingerprint density at radius 2 is 1.77 bits per heavy atom. The Kier molecular flexibility index (Phi) is 9.08. The Morgan fingerprint density at radius 3 is 2.54 bits per heavy atom. The number of aliphatic imine (C=N–C) groups is 1. The van der Waals surface area contributed by atoms with Crippen molar-refractivity contribution in [2.24, 2.45) is 4.99 Å². The fraction of sp³-hybridized carbons (Fsp3) is 0.381. The van der Waals surface area contributed by atoms with E-state index in [4.69, 9.17) is 9.47 Å². The molecule has 0 unspecified atom stereocenters. The first-order chi connectivity index (χ1) is 12.8. The van der Waals surface area contributed by atoms with Gasteiger partial charge in [0.05, 0.1) is 6.61 Å². The van der Waals surface area contributed by atoms with Crippen LogP contribution in [0.2, 0.25) is 0 Å². The molecule has 0 aromatic heterocycles. The molecule has 0 atom stereocenters. The van der Waals surface area contributed by atoms with Crippen LogP contribution in [-0.4, -0.2) is 39.9 Å². The summed E-state index contributed by atoms with van der Waals surface area (Å²) < 4.78 is 10.8. The van der Waals surface area contributed by atoms with Crippen molar-refractivity contribution in [3.8, 4) is 5.75 Å². The first-order valence-electron chi connectivity index (χ1n) is 9.01. The molecule has 2 aromatic carbocycles. The van der Waals surface area contributed by atoms with Crippen molar-refractivity contribution in [1.82, 2.24) is 10.6 Å². The Bertz CT molecular complexity index is 659. The summed E-state index contributed by atoms with van der Waals surface area (Å²) in [6.07, 6.45) is 1.85. The number of hydrogen-bond acceptors (Lipinski definition) is 3. The Labute approximate surface area is 156 Å². The standard InChI is InChI=1S/C21H29N3O2/c1-22-21(23-13-12-18-8-4-3-5-9-18)24-17-19-10-6-11-20(16-19)26-15-7-14-25-2/h3-6,8-11,16H,7,12-15,17H2,1-2H3,(H2,22,23,24). The highest BCUT2D eigenvalue weighted by molar-refractivity contribution is 5.79. The van der Waals surface area contributed by atoms with Crippen molar-refractivity contribution in [3.05, 3.63) is 65.7 Å². The fourth-order valence-corrected chi connectivity index (χ4v) is 2.51. The van der Waals surface area contributed by atoms with Crippen molar-refractivity contribution < 1.29 is 9.47 Å². The van der Waals surface area contributed by atoms with E-state index < -0.39 is 0 Å². The molecule has 0 radical (unpaired) electrons. The molecular weight excluding hydrogens is 326 g/mol. The first-order valence-corrected chi connectivity index (χ1v) is 9.01. The van der Waals surface area contributed by atoms with Gasteiger partial charge in [-0.25, -0.2) is 0 Å². The van der Waals surface area contributed by atoms with Gasteiger partial charge in [0.25, 0.3) is 0 Å². The van der Waals surface area contributed by atoms with Gasteiger partial charge in [-0.2, -0.15) is 0 Å². The van der Waals surface area contributed by atoms with Gasteiger partial charge >= 0.3 is 0 Å². The molecule has 2 N–H and O–H groups in total. The molecule has 5 nitrogen and oxygen atoms in total. The van der Waals surface area contributed by atoms with Crippen LogP contribution in [-0.2, 0) is 17.7 Å². The second-order valence-electron chi connectivity index (χ2n) is 5.93. The van der Waals surface area contributed by atoms with E-state index in [-0.39, 0.29) is 0 Å². The van der Waals surface area contributed by atoms with Gasteiger partial charge in [0, 0.05) is 40.3 Å². The molecule has 140 valence electrons. The second-order valence-corrected chi connectivity index (χ2v) is 5.93. The summed E-state index contributed by atoms with van der Waals surface area (Å²) in [5, 5.41) is 6.68. The summed E-state index contributed by atoms with van der Waals surface area (Å²) in [4.78, 5) is 4.28. The summed E-state index contributed by atoms with van der Waals surface area (Å²) in [6, 6.07) is 18.5.